The van der Waals surface area contributed by atoms with E-state index in [0.717, 1.165) is 42.8 Å². The number of piperazine rings is 1. The van der Waals surface area contributed by atoms with E-state index in [1.807, 2.05) is 34.7 Å². The molecule has 0 saturated carbocycles. The highest BCUT2D eigenvalue weighted by atomic mass is 16.2. The number of amides is 1. The van der Waals surface area contributed by atoms with E-state index in [1.165, 1.54) is 0 Å². The van der Waals surface area contributed by atoms with Crippen LogP contribution in [-0.4, -0.2) is 46.5 Å². The zero-order valence-corrected chi connectivity index (χ0v) is 10.4. The minimum Gasteiger partial charge on any atom is -0.336 e. The Morgan fingerprint density at radius 1 is 1.33 bits per heavy atom. The fourth-order valence-electron chi connectivity index (χ4n) is 2.32. The Balaban J connectivity index is 1.91. The highest BCUT2D eigenvalue weighted by Gasteiger charge is 2.18. The molecule has 94 valence electrons. The van der Waals surface area contributed by atoms with Crippen molar-refractivity contribution in [2.45, 2.75) is 0 Å². The molecular weight excluding hydrogens is 228 g/mol. The maximum Gasteiger partial charge on any atom is 0.254 e. The van der Waals surface area contributed by atoms with Crippen LogP contribution >= 0.6 is 0 Å². The van der Waals surface area contributed by atoms with E-state index in [2.05, 4.69) is 10.3 Å². The van der Waals surface area contributed by atoms with Gasteiger partial charge in [0.25, 0.3) is 5.91 Å². The first kappa shape index (κ1) is 11.2. The number of carbonyl (C=O) groups is 1. The standard InChI is InChI=1S/C13H16N4O/c1-16-9-15-11-8-10(2-3-12(11)16)13(18)17-6-4-14-5-7-17/h2-3,8-9,14H,4-7H2,1H3. The summed E-state index contributed by atoms with van der Waals surface area (Å²) in [6.45, 7) is 3.30. The van der Waals surface area contributed by atoms with Crippen LogP contribution in [0.5, 0.6) is 0 Å². The van der Waals surface area contributed by atoms with Crippen molar-refractivity contribution in [2.75, 3.05) is 26.2 Å². The van der Waals surface area contributed by atoms with Crippen LogP contribution in [0.2, 0.25) is 0 Å². The van der Waals surface area contributed by atoms with E-state index >= 15 is 0 Å². The maximum absolute atomic E-state index is 12.3. The second-order valence-corrected chi connectivity index (χ2v) is 4.60. The van der Waals surface area contributed by atoms with Gasteiger partial charge in [-0.05, 0) is 18.2 Å². The summed E-state index contributed by atoms with van der Waals surface area (Å²) in [5.41, 5.74) is 2.65. The summed E-state index contributed by atoms with van der Waals surface area (Å²) in [7, 11) is 1.95. The van der Waals surface area contributed by atoms with E-state index in [1.54, 1.807) is 6.33 Å². The first-order valence-corrected chi connectivity index (χ1v) is 6.17. The second-order valence-electron chi connectivity index (χ2n) is 4.60. The Bertz CT molecular complexity index is 584. The molecule has 1 aliphatic heterocycles. The first-order chi connectivity index (χ1) is 8.75. The van der Waals surface area contributed by atoms with Gasteiger partial charge < -0.3 is 14.8 Å². The number of nitrogens with one attached hydrogen (secondary N) is 1. The van der Waals surface area contributed by atoms with E-state index in [9.17, 15) is 4.79 Å². The SMILES string of the molecule is Cn1cnc2cc(C(=O)N3CCNCC3)ccc21. The molecule has 18 heavy (non-hydrogen) atoms. The summed E-state index contributed by atoms with van der Waals surface area (Å²) >= 11 is 0. The van der Waals surface area contributed by atoms with E-state index < -0.39 is 0 Å². The summed E-state index contributed by atoms with van der Waals surface area (Å²) in [5, 5.41) is 3.24. The molecule has 0 bridgehead atoms. The summed E-state index contributed by atoms with van der Waals surface area (Å²) in [4.78, 5) is 18.5. The molecule has 2 aromatic rings. The van der Waals surface area contributed by atoms with Gasteiger partial charge in [0.05, 0.1) is 17.4 Å². The van der Waals surface area contributed by atoms with Crippen molar-refractivity contribution in [3.63, 3.8) is 0 Å². The molecule has 0 spiro atoms. The zero-order valence-electron chi connectivity index (χ0n) is 10.4. The number of benzene rings is 1. The third-order valence-electron chi connectivity index (χ3n) is 3.38. The van der Waals surface area contributed by atoms with Crippen LogP contribution in [0.1, 0.15) is 10.4 Å². The third kappa shape index (κ3) is 1.86. The Morgan fingerprint density at radius 2 is 2.11 bits per heavy atom. The van der Waals surface area contributed by atoms with Gasteiger partial charge in [-0.1, -0.05) is 0 Å². The highest BCUT2D eigenvalue weighted by molar-refractivity contribution is 5.97. The monoisotopic (exact) mass is 244 g/mol. The minimum absolute atomic E-state index is 0.101. The minimum atomic E-state index is 0.101. The van der Waals surface area contributed by atoms with Crippen LogP contribution < -0.4 is 5.32 Å². The lowest BCUT2D eigenvalue weighted by Gasteiger charge is -2.27. The summed E-state index contributed by atoms with van der Waals surface area (Å²) in [5.74, 6) is 0.101. The van der Waals surface area contributed by atoms with Gasteiger partial charge in [-0.25, -0.2) is 4.98 Å². The maximum atomic E-state index is 12.3. The number of fused-ring (bicyclic) bond motifs is 1. The zero-order chi connectivity index (χ0) is 12.5. The van der Waals surface area contributed by atoms with Crippen LogP contribution in [0.25, 0.3) is 11.0 Å². The van der Waals surface area contributed by atoms with Crippen LogP contribution in [0.3, 0.4) is 0 Å². The third-order valence-corrected chi connectivity index (χ3v) is 3.38. The van der Waals surface area contributed by atoms with E-state index in [0.29, 0.717) is 0 Å². The fourth-order valence-corrected chi connectivity index (χ4v) is 2.32. The normalized spacial score (nSPS) is 16.2. The molecule has 1 fully saturated rings. The van der Waals surface area contributed by atoms with Crippen molar-refractivity contribution in [1.82, 2.24) is 19.8 Å². The highest BCUT2D eigenvalue weighted by Crippen LogP contribution is 2.15. The van der Waals surface area contributed by atoms with Crippen LogP contribution in [0.15, 0.2) is 24.5 Å². The molecule has 5 nitrogen and oxygen atoms in total. The molecule has 0 unspecified atom stereocenters. The quantitative estimate of drug-likeness (QED) is 0.800. The molecular formula is C13H16N4O. The number of aryl methyl sites for hydroxylation is 1. The molecule has 5 heteroatoms. The van der Waals surface area contributed by atoms with Crippen molar-refractivity contribution in [3.8, 4) is 0 Å². The molecule has 1 aliphatic rings. The topological polar surface area (TPSA) is 50.2 Å². The predicted molar refractivity (Wildman–Crippen MR) is 69.5 cm³/mol. The van der Waals surface area contributed by atoms with Gasteiger partial charge in [0.2, 0.25) is 0 Å². The predicted octanol–water partition coefficient (Wildman–Crippen LogP) is 0.619. The Kier molecular flexibility index (Phi) is 2.76. The van der Waals surface area contributed by atoms with Gasteiger partial charge in [-0.3, -0.25) is 4.79 Å². The first-order valence-electron chi connectivity index (χ1n) is 6.17. The van der Waals surface area contributed by atoms with Crippen LogP contribution in [0, 0.1) is 0 Å². The summed E-state index contributed by atoms with van der Waals surface area (Å²) in [6, 6.07) is 5.71. The number of aromatic nitrogens is 2. The average Bonchev–Trinajstić information content (AvgIpc) is 2.80. The summed E-state index contributed by atoms with van der Waals surface area (Å²) in [6.07, 6.45) is 1.77. The lowest BCUT2D eigenvalue weighted by atomic mass is 10.1. The lowest BCUT2D eigenvalue weighted by molar-refractivity contribution is 0.0736. The van der Waals surface area contributed by atoms with Crippen molar-refractivity contribution in [1.29, 1.82) is 0 Å². The van der Waals surface area contributed by atoms with Gasteiger partial charge in [0.1, 0.15) is 0 Å². The number of carbonyl (C=O) groups excluding carboxylic acids is 1. The van der Waals surface area contributed by atoms with Gasteiger partial charge in [0.15, 0.2) is 0 Å². The molecule has 1 N–H and O–H groups in total. The average molecular weight is 244 g/mol. The van der Waals surface area contributed by atoms with Gasteiger partial charge >= 0.3 is 0 Å². The van der Waals surface area contributed by atoms with Crippen molar-refractivity contribution >= 4 is 16.9 Å². The molecule has 2 heterocycles. The van der Waals surface area contributed by atoms with E-state index in [-0.39, 0.29) is 5.91 Å². The number of nitrogens with zero attached hydrogens (tertiary/aromatic N) is 3. The Labute approximate surface area is 105 Å². The van der Waals surface area contributed by atoms with Gasteiger partial charge in [0, 0.05) is 38.8 Å². The molecule has 1 aromatic carbocycles. The summed E-state index contributed by atoms with van der Waals surface area (Å²) < 4.78 is 1.95. The van der Waals surface area contributed by atoms with Crippen molar-refractivity contribution < 1.29 is 4.79 Å². The van der Waals surface area contributed by atoms with Gasteiger partial charge in [-0.2, -0.15) is 0 Å². The Hall–Kier alpha value is -1.88. The number of rotatable bonds is 1. The molecule has 1 amide bonds. The molecule has 0 aliphatic carbocycles. The molecule has 0 atom stereocenters. The Morgan fingerprint density at radius 3 is 2.89 bits per heavy atom. The molecule has 1 aromatic heterocycles. The number of hydrogen-bond donors (Lipinski definition) is 1. The molecule has 0 radical (unpaired) electrons. The van der Waals surface area contributed by atoms with Crippen LogP contribution in [0.4, 0.5) is 0 Å². The van der Waals surface area contributed by atoms with Crippen molar-refractivity contribution in [2.24, 2.45) is 7.05 Å². The second kappa shape index (κ2) is 4.42. The van der Waals surface area contributed by atoms with Gasteiger partial charge in [-0.15, -0.1) is 0 Å². The van der Waals surface area contributed by atoms with Crippen molar-refractivity contribution in [3.05, 3.63) is 30.1 Å². The number of imidazole rings is 1. The van der Waals surface area contributed by atoms with Crippen LogP contribution in [-0.2, 0) is 7.05 Å². The lowest BCUT2D eigenvalue weighted by Crippen LogP contribution is -2.46. The fraction of sp³-hybridized carbons (Fsp3) is 0.385. The molecule has 3 rings (SSSR count). The van der Waals surface area contributed by atoms with E-state index in [4.69, 9.17) is 0 Å². The number of hydrogen-bond acceptors (Lipinski definition) is 3. The smallest absolute Gasteiger partial charge is 0.254 e. The largest absolute Gasteiger partial charge is 0.336 e. The molecule has 1 saturated heterocycles.